The number of carbonyl (C=O) groups excluding carboxylic acids is 1. The number of benzene rings is 1. The fourth-order valence-electron chi connectivity index (χ4n) is 7.35. The molecule has 14 heteroatoms. The smallest absolute Gasteiger partial charge is 0.407 e. The van der Waals surface area contributed by atoms with Gasteiger partial charge in [-0.05, 0) is 83.8 Å². The number of fused-ring (bicyclic) bond motifs is 4. The summed E-state index contributed by atoms with van der Waals surface area (Å²) in [7, 11) is 1.75. The van der Waals surface area contributed by atoms with E-state index in [9.17, 15) is 9.59 Å². The van der Waals surface area contributed by atoms with E-state index in [0.717, 1.165) is 38.6 Å². The summed E-state index contributed by atoms with van der Waals surface area (Å²) >= 11 is 13.7. The minimum Gasteiger partial charge on any atom is -0.444 e. The second-order valence-electron chi connectivity index (χ2n) is 13.8. The fourth-order valence-corrected chi connectivity index (χ4v) is 8.08. The third-order valence-corrected chi connectivity index (χ3v) is 10.2. The zero-order valence-corrected chi connectivity index (χ0v) is 28.4. The number of hydrogen-bond acceptors (Lipinski definition) is 8. The molecule has 1 aliphatic carbocycles. The van der Waals surface area contributed by atoms with Crippen LogP contribution in [0.25, 0.3) is 33.2 Å². The second-order valence-corrected chi connectivity index (χ2v) is 14.5. The molecule has 3 unspecified atom stereocenters. The molecule has 1 N–H and O–H groups in total. The molecular formula is C32H40Cl2N8O4. The van der Waals surface area contributed by atoms with E-state index in [-0.39, 0.29) is 23.7 Å². The Hall–Kier alpha value is -3.35. The van der Waals surface area contributed by atoms with Gasteiger partial charge in [-0.25, -0.2) is 9.48 Å². The van der Waals surface area contributed by atoms with Crippen LogP contribution < -0.4 is 15.8 Å². The number of nitrogens with zero attached hydrogens (tertiary/aromatic N) is 7. The van der Waals surface area contributed by atoms with Crippen LogP contribution in [0.2, 0.25) is 10.2 Å². The van der Waals surface area contributed by atoms with E-state index >= 15 is 0 Å². The highest BCUT2D eigenvalue weighted by Crippen LogP contribution is 2.42. The molecule has 246 valence electrons. The molecule has 2 aliphatic heterocycles. The van der Waals surface area contributed by atoms with Crippen molar-refractivity contribution in [1.82, 2.24) is 34.4 Å². The van der Waals surface area contributed by atoms with Gasteiger partial charge in [0.25, 0.3) is 5.56 Å². The Balaban J connectivity index is 1.30. The Labute approximate surface area is 276 Å². The molecule has 4 atom stereocenters. The summed E-state index contributed by atoms with van der Waals surface area (Å²) in [4.78, 5) is 34.3. The Morgan fingerprint density at radius 2 is 1.93 bits per heavy atom. The van der Waals surface area contributed by atoms with Crippen LogP contribution in [0.4, 0.5) is 10.7 Å². The molecule has 1 amide bonds. The van der Waals surface area contributed by atoms with Gasteiger partial charge in [-0.15, -0.1) is 0 Å². The van der Waals surface area contributed by atoms with Gasteiger partial charge in [-0.2, -0.15) is 15.2 Å². The lowest BCUT2D eigenvalue weighted by Gasteiger charge is -2.34. The van der Waals surface area contributed by atoms with E-state index in [1.54, 1.807) is 21.0 Å². The van der Waals surface area contributed by atoms with Crippen LogP contribution in [-0.4, -0.2) is 66.5 Å². The first-order valence-electron chi connectivity index (χ1n) is 16.1. The number of halogens is 2. The van der Waals surface area contributed by atoms with E-state index < -0.39 is 11.7 Å². The third kappa shape index (κ3) is 5.41. The topological polar surface area (TPSA) is 121 Å². The number of rotatable bonds is 5. The fraction of sp³-hybridized carbons (Fsp3) is 0.594. The Bertz CT molecular complexity index is 1890. The number of hydrogen-bond donors (Lipinski definition) is 1. The molecule has 12 nitrogen and oxygen atoms in total. The van der Waals surface area contributed by atoms with Crippen molar-refractivity contribution in [3.8, 4) is 11.3 Å². The van der Waals surface area contributed by atoms with E-state index in [0.29, 0.717) is 74.9 Å². The van der Waals surface area contributed by atoms with Gasteiger partial charge in [-0.1, -0.05) is 23.2 Å². The van der Waals surface area contributed by atoms with E-state index in [4.69, 9.17) is 42.8 Å². The molecule has 5 heterocycles. The van der Waals surface area contributed by atoms with E-state index in [1.807, 2.05) is 39.8 Å². The van der Waals surface area contributed by atoms with Gasteiger partial charge < -0.3 is 19.7 Å². The third-order valence-electron chi connectivity index (χ3n) is 9.38. The van der Waals surface area contributed by atoms with Crippen LogP contribution in [-0.2, 0) is 23.1 Å². The zero-order valence-electron chi connectivity index (χ0n) is 26.8. The van der Waals surface area contributed by atoms with Gasteiger partial charge in [0, 0.05) is 44.9 Å². The molecule has 1 saturated carbocycles. The number of carbonyl (C=O) groups is 1. The molecular weight excluding hydrogens is 631 g/mol. The van der Waals surface area contributed by atoms with Gasteiger partial charge in [0.05, 0.1) is 15.9 Å². The minimum atomic E-state index is -0.564. The van der Waals surface area contributed by atoms with Crippen molar-refractivity contribution >= 4 is 57.2 Å². The van der Waals surface area contributed by atoms with Crippen molar-refractivity contribution < 1.29 is 14.3 Å². The Kier molecular flexibility index (Phi) is 7.96. The van der Waals surface area contributed by atoms with Crippen molar-refractivity contribution in [2.45, 2.75) is 84.2 Å². The standard InChI is InChI=1S/C32H40Cl2N8O4/c1-6-41-27(34)23-20(37-41)11-10-19(25(23)33)26-24-28(42(38-26)22-9-7-8-12-45-22)36-30(39(5)29(24)43)40-15-17-13-18(16-40)21(14-17)35-31(44)46-32(2,3)4/h10-11,17-18,21-22H,6-9,12-16H2,1-5H3,(H,35,44)/t17?,18?,21-,22?/m1/s1. The first-order valence-corrected chi connectivity index (χ1v) is 16.9. The number of aryl methyl sites for hydroxylation is 1. The summed E-state index contributed by atoms with van der Waals surface area (Å²) in [6.07, 6.45) is 3.82. The SMILES string of the molecule is CCn1nc2ccc(-c3nn(C4CCCCO4)c4nc(N5CC6CC(C5)[C@H](NC(=O)OC(C)(C)C)C6)n(C)c(=O)c34)c(Cl)c2c1Cl. The van der Waals surface area contributed by atoms with Crippen LogP contribution in [0, 0.1) is 11.8 Å². The summed E-state index contributed by atoms with van der Waals surface area (Å²) < 4.78 is 16.8. The van der Waals surface area contributed by atoms with Crippen LogP contribution >= 0.6 is 23.2 Å². The lowest BCUT2D eigenvalue weighted by atomic mass is 9.98. The van der Waals surface area contributed by atoms with Gasteiger partial charge in [0.15, 0.2) is 11.9 Å². The summed E-state index contributed by atoms with van der Waals surface area (Å²) in [6, 6.07) is 3.70. The van der Waals surface area contributed by atoms with Crippen molar-refractivity contribution in [2.75, 3.05) is 24.6 Å². The maximum absolute atomic E-state index is 14.3. The number of alkyl carbamates (subject to hydrolysis) is 1. The predicted molar refractivity (Wildman–Crippen MR) is 178 cm³/mol. The van der Waals surface area contributed by atoms with Crippen molar-refractivity contribution in [1.29, 1.82) is 0 Å². The zero-order chi connectivity index (χ0) is 32.5. The molecule has 7 rings (SSSR count). The molecule has 0 radical (unpaired) electrons. The van der Waals surface area contributed by atoms with Crippen molar-refractivity contribution in [3.63, 3.8) is 0 Å². The molecule has 46 heavy (non-hydrogen) atoms. The first-order chi connectivity index (χ1) is 21.9. The number of amides is 1. The van der Waals surface area contributed by atoms with Crippen LogP contribution in [0.3, 0.4) is 0 Å². The van der Waals surface area contributed by atoms with Crippen LogP contribution in [0.15, 0.2) is 16.9 Å². The summed E-state index contributed by atoms with van der Waals surface area (Å²) in [5.74, 6) is 1.13. The molecule has 2 bridgehead atoms. The molecule has 1 aromatic carbocycles. The molecule has 0 spiro atoms. The number of aromatic nitrogens is 6. The van der Waals surface area contributed by atoms with Crippen molar-refractivity contribution in [3.05, 3.63) is 32.7 Å². The number of nitrogens with one attached hydrogen (secondary N) is 1. The lowest BCUT2D eigenvalue weighted by molar-refractivity contribution is -0.0368. The molecule has 2 saturated heterocycles. The average Bonchev–Trinajstić information content (AvgIpc) is 3.64. The monoisotopic (exact) mass is 670 g/mol. The first kappa shape index (κ1) is 31.3. The quantitative estimate of drug-likeness (QED) is 0.278. The minimum absolute atomic E-state index is 0.000625. The highest BCUT2D eigenvalue weighted by Gasteiger charge is 2.42. The largest absolute Gasteiger partial charge is 0.444 e. The number of anilines is 1. The molecule has 4 aromatic rings. The second kappa shape index (κ2) is 11.7. The number of piperidine rings is 1. The normalized spacial score (nSPS) is 23.4. The molecule has 3 fully saturated rings. The maximum atomic E-state index is 14.3. The van der Waals surface area contributed by atoms with Crippen LogP contribution in [0.1, 0.15) is 66.0 Å². The maximum Gasteiger partial charge on any atom is 0.407 e. The Morgan fingerprint density at radius 3 is 2.65 bits per heavy atom. The summed E-state index contributed by atoms with van der Waals surface area (Å²) in [5.41, 5.74) is 1.39. The van der Waals surface area contributed by atoms with E-state index in [1.165, 1.54) is 0 Å². The highest BCUT2D eigenvalue weighted by molar-refractivity contribution is 6.43. The summed E-state index contributed by atoms with van der Waals surface area (Å²) in [6.45, 7) is 10.1. The number of ether oxygens (including phenoxy) is 2. The predicted octanol–water partition coefficient (Wildman–Crippen LogP) is 5.91. The highest BCUT2D eigenvalue weighted by atomic mass is 35.5. The Morgan fingerprint density at radius 1 is 1.13 bits per heavy atom. The summed E-state index contributed by atoms with van der Waals surface area (Å²) in [5, 5.41) is 14.5. The molecule has 3 aromatic heterocycles. The van der Waals surface area contributed by atoms with Crippen molar-refractivity contribution in [2.24, 2.45) is 18.9 Å². The van der Waals surface area contributed by atoms with Gasteiger partial charge in [-0.3, -0.25) is 14.0 Å². The van der Waals surface area contributed by atoms with Gasteiger partial charge in [0.2, 0.25) is 5.95 Å². The van der Waals surface area contributed by atoms with E-state index in [2.05, 4.69) is 15.3 Å². The average molecular weight is 672 g/mol. The van der Waals surface area contributed by atoms with Gasteiger partial charge >= 0.3 is 6.09 Å². The van der Waals surface area contributed by atoms with Crippen LogP contribution in [0.5, 0.6) is 0 Å². The van der Waals surface area contributed by atoms with Gasteiger partial charge in [0.1, 0.15) is 21.8 Å². The lowest BCUT2D eigenvalue weighted by Crippen LogP contribution is -2.45. The molecule has 3 aliphatic rings.